The molecule has 0 spiro atoms. The van der Waals surface area contributed by atoms with Crippen LogP contribution in [0.1, 0.15) is 18.8 Å². The van der Waals surface area contributed by atoms with Crippen LogP contribution in [0.25, 0.3) is 0 Å². The van der Waals surface area contributed by atoms with Gasteiger partial charge in [0.05, 0.1) is 16.1 Å². The fourth-order valence-corrected chi connectivity index (χ4v) is 4.30. The van der Waals surface area contributed by atoms with Crippen LogP contribution in [0.15, 0.2) is 23.4 Å². The molecule has 1 atom stereocenters. The van der Waals surface area contributed by atoms with Crippen molar-refractivity contribution < 1.29 is 8.42 Å². The molecule has 1 unspecified atom stereocenters. The molecule has 3 N–H and O–H groups in total. The molecule has 0 radical (unpaired) electrons. The number of nitrogens with one attached hydrogen (secondary N) is 1. The van der Waals surface area contributed by atoms with Crippen molar-refractivity contribution in [2.24, 2.45) is 7.05 Å². The molecule has 1 aromatic heterocycles. The molecule has 2 rings (SSSR count). The van der Waals surface area contributed by atoms with E-state index >= 15 is 0 Å². The summed E-state index contributed by atoms with van der Waals surface area (Å²) in [5, 5.41) is 7.47. The van der Waals surface area contributed by atoms with Gasteiger partial charge in [0.1, 0.15) is 17.0 Å². The van der Waals surface area contributed by atoms with Crippen molar-refractivity contribution >= 4 is 38.9 Å². The number of hydrogen-bond acceptors (Lipinski definition) is 5. The Kier molecular flexibility index (Phi) is 4.43. The molecule has 0 saturated carbocycles. The molecule has 1 aromatic carbocycles. The van der Waals surface area contributed by atoms with Crippen LogP contribution in [0.4, 0.5) is 5.69 Å². The van der Waals surface area contributed by atoms with E-state index in [1.54, 1.807) is 18.5 Å². The summed E-state index contributed by atoms with van der Waals surface area (Å²) in [6.07, 6.45) is 1.48. The lowest BCUT2D eigenvalue weighted by molar-refractivity contribution is 0.553. The van der Waals surface area contributed by atoms with Gasteiger partial charge in [-0.2, -0.15) is 0 Å². The third kappa shape index (κ3) is 3.29. The molecule has 21 heavy (non-hydrogen) atoms. The fraction of sp³-hybridized carbons (Fsp3) is 0.273. The van der Waals surface area contributed by atoms with Gasteiger partial charge in [0.15, 0.2) is 0 Å². The van der Waals surface area contributed by atoms with Crippen LogP contribution in [0, 0.1) is 0 Å². The van der Waals surface area contributed by atoms with Gasteiger partial charge in [-0.15, -0.1) is 10.2 Å². The zero-order valence-corrected chi connectivity index (χ0v) is 13.5. The zero-order valence-electron chi connectivity index (χ0n) is 11.2. The summed E-state index contributed by atoms with van der Waals surface area (Å²) in [6.45, 7) is 1.64. The highest BCUT2D eigenvalue weighted by Crippen LogP contribution is 2.32. The lowest BCUT2D eigenvalue weighted by Gasteiger charge is -2.15. The number of aromatic nitrogens is 3. The number of nitrogens with two attached hydrogens (primary N) is 1. The average Bonchev–Trinajstić information content (AvgIpc) is 2.72. The van der Waals surface area contributed by atoms with E-state index in [4.69, 9.17) is 28.9 Å². The maximum Gasteiger partial charge on any atom is 0.244 e. The second-order valence-corrected chi connectivity index (χ2v) is 6.92. The molecular weight excluding hydrogens is 337 g/mol. The third-order valence-electron chi connectivity index (χ3n) is 2.75. The monoisotopic (exact) mass is 349 g/mol. The van der Waals surface area contributed by atoms with Gasteiger partial charge >= 0.3 is 0 Å². The van der Waals surface area contributed by atoms with Crippen molar-refractivity contribution in [1.82, 2.24) is 19.5 Å². The van der Waals surface area contributed by atoms with E-state index < -0.39 is 16.1 Å². The number of sulfonamides is 1. The molecule has 0 amide bonds. The molecule has 1 heterocycles. The number of anilines is 1. The zero-order chi connectivity index (χ0) is 15.8. The Morgan fingerprint density at radius 1 is 1.33 bits per heavy atom. The smallest absolute Gasteiger partial charge is 0.244 e. The van der Waals surface area contributed by atoms with Crippen molar-refractivity contribution in [3.63, 3.8) is 0 Å². The van der Waals surface area contributed by atoms with E-state index in [1.807, 2.05) is 0 Å². The van der Waals surface area contributed by atoms with Crippen LogP contribution in [0.2, 0.25) is 10.0 Å². The van der Waals surface area contributed by atoms with Gasteiger partial charge in [0.2, 0.25) is 10.0 Å². The predicted octanol–water partition coefficient (Wildman–Crippen LogP) is 1.74. The van der Waals surface area contributed by atoms with Gasteiger partial charge in [-0.25, -0.2) is 13.1 Å². The quantitative estimate of drug-likeness (QED) is 0.818. The summed E-state index contributed by atoms with van der Waals surface area (Å²) in [5.41, 5.74) is 5.85. The first-order chi connectivity index (χ1) is 9.72. The van der Waals surface area contributed by atoms with Crippen molar-refractivity contribution in [1.29, 1.82) is 0 Å². The summed E-state index contributed by atoms with van der Waals surface area (Å²) in [7, 11) is -2.22. The van der Waals surface area contributed by atoms with Gasteiger partial charge in [0, 0.05) is 12.7 Å². The fourth-order valence-electron chi connectivity index (χ4n) is 1.86. The van der Waals surface area contributed by atoms with Gasteiger partial charge < -0.3 is 10.3 Å². The standard InChI is InChI=1S/C11H13Cl2N5O2S/c1-6(11-16-15-5-18(11)2)17-21(19,20)10-8(12)3-7(14)4-9(10)13/h3-6,17H,14H2,1-2H3. The Bertz CT molecular complexity index is 752. The highest BCUT2D eigenvalue weighted by Gasteiger charge is 2.26. The summed E-state index contributed by atoms with van der Waals surface area (Å²) in [4.78, 5) is -0.214. The molecule has 114 valence electrons. The van der Waals surface area contributed by atoms with Crippen LogP contribution in [0.3, 0.4) is 0 Å². The number of nitrogens with zero attached hydrogens (tertiary/aromatic N) is 3. The molecule has 10 heteroatoms. The van der Waals surface area contributed by atoms with E-state index in [-0.39, 0.29) is 20.6 Å². The largest absolute Gasteiger partial charge is 0.399 e. The first-order valence-corrected chi connectivity index (χ1v) is 8.07. The van der Waals surface area contributed by atoms with Crippen LogP contribution in [0.5, 0.6) is 0 Å². The van der Waals surface area contributed by atoms with Gasteiger partial charge in [0.25, 0.3) is 0 Å². The van der Waals surface area contributed by atoms with E-state index in [1.165, 1.54) is 18.5 Å². The Hall–Kier alpha value is -1.35. The second-order valence-electron chi connectivity index (χ2n) is 4.46. The average molecular weight is 350 g/mol. The minimum Gasteiger partial charge on any atom is -0.399 e. The predicted molar refractivity (Wildman–Crippen MR) is 80.6 cm³/mol. The van der Waals surface area contributed by atoms with Crippen LogP contribution in [-0.4, -0.2) is 23.2 Å². The molecule has 7 nitrogen and oxygen atoms in total. The third-order valence-corrected chi connectivity index (χ3v) is 5.22. The highest BCUT2D eigenvalue weighted by molar-refractivity contribution is 7.89. The lowest BCUT2D eigenvalue weighted by atomic mass is 10.3. The van der Waals surface area contributed by atoms with Crippen LogP contribution in [-0.2, 0) is 17.1 Å². The lowest BCUT2D eigenvalue weighted by Crippen LogP contribution is -2.29. The molecule has 0 aliphatic heterocycles. The van der Waals surface area contributed by atoms with E-state index in [0.29, 0.717) is 5.82 Å². The highest BCUT2D eigenvalue weighted by atomic mass is 35.5. The van der Waals surface area contributed by atoms with Crippen molar-refractivity contribution in [2.75, 3.05) is 5.73 Å². The molecule has 0 aliphatic carbocycles. The maximum absolute atomic E-state index is 12.4. The summed E-state index contributed by atoms with van der Waals surface area (Å²) in [6, 6.07) is 2.05. The SMILES string of the molecule is CC(NS(=O)(=O)c1c(Cl)cc(N)cc1Cl)c1nncn1C. The number of halogens is 2. The Labute approximate surface area is 132 Å². The summed E-state index contributed by atoms with van der Waals surface area (Å²) >= 11 is 11.9. The van der Waals surface area contributed by atoms with Crippen LogP contribution >= 0.6 is 23.2 Å². The van der Waals surface area contributed by atoms with E-state index in [2.05, 4.69) is 14.9 Å². The van der Waals surface area contributed by atoms with E-state index in [0.717, 1.165) is 0 Å². The Morgan fingerprint density at radius 3 is 2.38 bits per heavy atom. The van der Waals surface area contributed by atoms with Crippen LogP contribution < -0.4 is 10.5 Å². The molecule has 0 aliphatic rings. The number of aryl methyl sites for hydroxylation is 1. The minimum absolute atomic E-state index is 0.0438. The molecule has 0 saturated heterocycles. The summed E-state index contributed by atoms with van der Waals surface area (Å²) < 4.78 is 28.9. The first kappa shape index (κ1) is 16.0. The number of nitrogen functional groups attached to an aromatic ring is 1. The molecule has 0 bridgehead atoms. The van der Waals surface area contributed by atoms with Gasteiger partial charge in [-0.05, 0) is 19.1 Å². The number of hydrogen-bond donors (Lipinski definition) is 2. The maximum atomic E-state index is 12.4. The van der Waals surface area contributed by atoms with Gasteiger partial charge in [-0.1, -0.05) is 23.2 Å². The topological polar surface area (TPSA) is 103 Å². The summed E-state index contributed by atoms with van der Waals surface area (Å²) in [5.74, 6) is 0.460. The first-order valence-electron chi connectivity index (χ1n) is 5.83. The van der Waals surface area contributed by atoms with E-state index in [9.17, 15) is 8.42 Å². The minimum atomic E-state index is -3.93. The molecule has 2 aromatic rings. The van der Waals surface area contributed by atoms with Crippen molar-refractivity contribution in [2.45, 2.75) is 17.9 Å². The Balaban J connectivity index is 2.38. The van der Waals surface area contributed by atoms with Gasteiger partial charge in [-0.3, -0.25) is 0 Å². The number of benzene rings is 1. The number of rotatable bonds is 4. The normalized spacial score (nSPS) is 13.3. The van der Waals surface area contributed by atoms with Crippen molar-refractivity contribution in [3.8, 4) is 0 Å². The molecular formula is C11H13Cl2N5O2S. The van der Waals surface area contributed by atoms with Crippen molar-refractivity contribution in [3.05, 3.63) is 34.3 Å². The Morgan fingerprint density at radius 2 is 1.90 bits per heavy atom. The molecule has 0 fully saturated rings. The second kappa shape index (κ2) is 5.80.